The Kier molecular flexibility index (Phi) is 5.71. The maximum absolute atomic E-state index is 5.84. The molecule has 5 rings (SSSR count). The maximum Gasteiger partial charge on any atom is 0.174 e. The molecular formula is C26H24N4O2S. The van der Waals surface area contributed by atoms with E-state index in [4.69, 9.17) is 21.7 Å². The quantitative estimate of drug-likeness (QED) is 0.409. The smallest absolute Gasteiger partial charge is 0.174 e. The summed E-state index contributed by atoms with van der Waals surface area (Å²) in [6, 6.07) is 25.8. The van der Waals surface area contributed by atoms with Gasteiger partial charge in [0.25, 0.3) is 0 Å². The number of aromatic nitrogens is 2. The van der Waals surface area contributed by atoms with Gasteiger partial charge in [0.05, 0.1) is 31.6 Å². The predicted molar refractivity (Wildman–Crippen MR) is 133 cm³/mol. The van der Waals surface area contributed by atoms with E-state index in [1.54, 1.807) is 14.2 Å². The van der Waals surface area contributed by atoms with Crippen molar-refractivity contribution in [1.82, 2.24) is 14.9 Å². The average Bonchev–Trinajstić information content (AvgIpc) is 3.48. The Morgan fingerprint density at radius 2 is 1.67 bits per heavy atom. The van der Waals surface area contributed by atoms with Crippen LogP contribution in [-0.4, -0.2) is 28.9 Å². The third kappa shape index (κ3) is 3.81. The summed E-state index contributed by atoms with van der Waals surface area (Å²) in [4.78, 5) is 6.79. The van der Waals surface area contributed by atoms with Gasteiger partial charge in [-0.25, -0.2) is 0 Å². The summed E-state index contributed by atoms with van der Waals surface area (Å²) in [5.41, 5.74) is 3.93. The summed E-state index contributed by atoms with van der Waals surface area (Å²) in [6.07, 6.45) is 3.86. The highest BCUT2D eigenvalue weighted by atomic mass is 32.1. The van der Waals surface area contributed by atoms with E-state index in [0.29, 0.717) is 5.11 Å². The monoisotopic (exact) mass is 456 g/mol. The van der Waals surface area contributed by atoms with Gasteiger partial charge in [0.15, 0.2) is 5.11 Å². The van der Waals surface area contributed by atoms with Crippen LogP contribution in [0.15, 0.2) is 91.3 Å². The molecule has 1 aliphatic heterocycles. The molecule has 1 N–H and O–H groups in total. The predicted octanol–water partition coefficient (Wildman–Crippen LogP) is 5.07. The standard InChI is InChI=1S/C26H24N4O2S/c1-31-19-14-12-18(13-15-19)30-25(24(28-26(30)33)20-8-5-6-16-27-20)22-10-7-17-29(22)21-9-3-4-11-23(21)32-2/h3-17,24-25H,1-2H3,(H,28,33). The van der Waals surface area contributed by atoms with Crippen LogP contribution in [0, 0.1) is 0 Å². The molecule has 166 valence electrons. The van der Waals surface area contributed by atoms with Crippen molar-refractivity contribution >= 4 is 23.0 Å². The number of benzene rings is 2. The van der Waals surface area contributed by atoms with Gasteiger partial charge in [-0.05, 0) is 72.9 Å². The van der Waals surface area contributed by atoms with Gasteiger partial charge >= 0.3 is 0 Å². The summed E-state index contributed by atoms with van der Waals surface area (Å²) < 4.78 is 13.2. The lowest BCUT2D eigenvalue weighted by Gasteiger charge is -2.29. The number of ether oxygens (including phenoxy) is 2. The first-order chi connectivity index (χ1) is 16.2. The normalized spacial score (nSPS) is 17.6. The second-order valence-electron chi connectivity index (χ2n) is 7.67. The molecule has 0 amide bonds. The molecule has 2 aromatic heterocycles. The van der Waals surface area contributed by atoms with E-state index in [0.717, 1.165) is 34.3 Å². The molecule has 0 spiro atoms. The topological polar surface area (TPSA) is 51.5 Å². The summed E-state index contributed by atoms with van der Waals surface area (Å²) in [5, 5.41) is 4.16. The van der Waals surface area contributed by atoms with E-state index in [1.807, 2.05) is 72.9 Å². The van der Waals surface area contributed by atoms with Gasteiger partial charge in [-0.3, -0.25) is 4.98 Å². The highest BCUT2D eigenvalue weighted by Gasteiger charge is 2.42. The molecule has 1 fully saturated rings. The lowest BCUT2D eigenvalue weighted by molar-refractivity contribution is 0.412. The minimum atomic E-state index is -0.138. The third-order valence-corrected chi connectivity index (χ3v) is 6.19. The minimum Gasteiger partial charge on any atom is -0.497 e. The zero-order valence-corrected chi connectivity index (χ0v) is 19.2. The van der Waals surface area contributed by atoms with Crippen molar-refractivity contribution in [1.29, 1.82) is 0 Å². The van der Waals surface area contributed by atoms with E-state index in [1.165, 1.54) is 0 Å². The Morgan fingerprint density at radius 3 is 2.39 bits per heavy atom. The molecule has 2 aromatic carbocycles. The summed E-state index contributed by atoms with van der Waals surface area (Å²) in [6.45, 7) is 0. The number of nitrogens with zero attached hydrogens (tertiary/aromatic N) is 3. The minimum absolute atomic E-state index is 0.135. The number of pyridine rings is 1. The molecule has 4 aromatic rings. The molecule has 0 aliphatic carbocycles. The van der Waals surface area contributed by atoms with Crippen molar-refractivity contribution in [2.45, 2.75) is 12.1 Å². The van der Waals surface area contributed by atoms with Crippen molar-refractivity contribution in [3.8, 4) is 17.2 Å². The largest absolute Gasteiger partial charge is 0.497 e. The van der Waals surface area contributed by atoms with E-state index in [-0.39, 0.29) is 12.1 Å². The first-order valence-electron chi connectivity index (χ1n) is 10.7. The molecule has 0 saturated carbocycles. The molecule has 0 radical (unpaired) electrons. The highest BCUT2D eigenvalue weighted by molar-refractivity contribution is 7.80. The van der Waals surface area contributed by atoms with Gasteiger partial charge in [-0.2, -0.15) is 0 Å². The van der Waals surface area contributed by atoms with Crippen LogP contribution in [0.2, 0.25) is 0 Å². The van der Waals surface area contributed by atoms with Crippen molar-refractivity contribution in [2.24, 2.45) is 0 Å². The molecule has 2 atom stereocenters. The summed E-state index contributed by atoms with van der Waals surface area (Å²) >= 11 is 5.84. The number of nitrogens with one attached hydrogen (secondary N) is 1. The Morgan fingerprint density at radius 1 is 0.879 bits per heavy atom. The molecular weight excluding hydrogens is 432 g/mol. The molecule has 3 heterocycles. The highest BCUT2D eigenvalue weighted by Crippen LogP contribution is 2.43. The van der Waals surface area contributed by atoms with Crippen LogP contribution in [0.25, 0.3) is 5.69 Å². The SMILES string of the molecule is COc1ccc(N2C(=S)NC(c3ccccn3)C2c2cccn2-c2ccccc2OC)cc1. The third-order valence-electron chi connectivity index (χ3n) is 5.88. The summed E-state index contributed by atoms with van der Waals surface area (Å²) in [7, 11) is 3.35. The number of methoxy groups -OCH3 is 2. The second-order valence-corrected chi connectivity index (χ2v) is 8.06. The van der Waals surface area contributed by atoms with E-state index in [2.05, 4.69) is 38.1 Å². The lowest BCUT2D eigenvalue weighted by atomic mass is 10.0. The molecule has 7 heteroatoms. The van der Waals surface area contributed by atoms with E-state index >= 15 is 0 Å². The fraction of sp³-hybridized carbons (Fsp3) is 0.154. The second kappa shape index (κ2) is 8.96. The van der Waals surface area contributed by atoms with Crippen molar-refractivity contribution < 1.29 is 9.47 Å². The zero-order valence-electron chi connectivity index (χ0n) is 18.4. The van der Waals surface area contributed by atoms with Crippen LogP contribution in [-0.2, 0) is 0 Å². The number of hydrogen-bond acceptors (Lipinski definition) is 4. The van der Waals surface area contributed by atoms with Crippen molar-refractivity contribution in [3.63, 3.8) is 0 Å². The molecule has 33 heavy (non-hydrogen) atoms. The molecule has 0 bridgehead atoms. The van der Waals surface area contributed by atoms with Crippen LogP contribution >= 0.6 is 12.2 Å². The Hall–Kier alpha value is -3.84. The van der Waals surface area contributed by atoms with Crippen LogP contribution in [0.3, 0.4) is 0 Å². The number of hydrogen-bond donors (Lipinski definition) is 1. The number of rotatable bonds is 6. The first kappa shape index (κ1) is 21.0. The fourth-order valence-electron chi connectivity index (χ4n) is 4.36. The van der Waals surface area contributed by atoms with Crippen molar-refractivity contribution in [2.75, 3.05) is 19.1 Å². The zero-order chi connectivity index (χ0) is 22.8. The molecule has 1 aliphatic rings. The molecule has 2 unspecified atom stereocenters. The van der Waals surface area contributed by atoms with Crippen LogP contribution < -0.4 is 19.7 Å². The summed E-state index contributed by atoms with van der Waals surface area (Å²) in [5.74, 6) is 1.60. The Bertz CT molecular complexity index is 1260. The number of anilines is 1. The van der Waals surface area contributed by atoms with Crippen molar-refractivity contribution in [3.05, 3.63) is 103 Å². The first-order valence-corrected chi connectivity index (χ1v) is 11.1. The lowest BCUT2D eigenvalue weighted by Crippen LogP contribution is -2.30. The van der Waals surface area contributed by atoms with Gasteiger partial charge in [-0.15, -0.1) is 0 Å². The maximum atomic E-state index is 5.84. The number of thiocarbonyl (C=S) groups is 1. The van der Waals surface area contributed by atoms with E-state index < -0.39 is 0 Å². The molecule has 1 saturated heterocycles. The van der Waals surface area contributed by atoms with Gasteiger partial charge in [0, 0.05) is 23.8 Å². The number of para-hydroxylation sites is 2. The van der Waals surface area contributed by atoms with E-state index in [9.17, 15) is 0 Å². The van der Waals surface area contributed by atoms with Crippen LogP contribution in [0.1, 0.15) is 23.5 Å². The van der Waals surface area contributed by atoms with Gasteiger partial charge in [-0.1, -0.05) is 18.2 Å². The average molecular weight is 457 g/mol. The van der Waals surface area contributed by atoms with Gasteiger partial charge < -0.3 is 24.3 Å². The molecule has 6 nitrogen and oxygen atoms in total. The fourth-order valence-corrected chi connectivity index (χ4v) is 4.71. The van der Waals surface area contributed by atoms with Crippen LogP contribution in [0.4, 0.5) is 5.69 Å². The van der Waals surface area contributed by atoms with Gasteiger partial charge in [0.1, 0.15) is 17.5 Å². The Labute approximate surface area is 198 Å². The Balaban J connectivity index is 1.66. The van der Waals surface area contributed by atoms with Gasteiger partial charge in [0.2, 0.25) is 0 Å². The van der Waals surface area contributed by atoms with Crippen LogP contribution in [0.5, 0.6) is 11.5 Å².